The Morgan fingerprint density at radius 1 is 1.07 bits per heavy atom. The average molecular weight is 602 g/mol. The molecule has 0 radical (unpaired) electrons. The summed E-state index contributed by atoms with van der Waals surface area (Å²) in [6, 6.07) is 5.24. The molecule has 42 heavy (non-hydrogen) atoms. The number of benzene rings is 1. The van der Waals surface area contributed by atoms with Crippen LogP contribution in [0.1, 0.15) is 67.9 Å². The number of thiazole rings is 1. The normalized spacial score (nSPS) is 21.0. The number of hydrogen-bond acceptors (Lipinski definition) is 7. The first kappa shape index (κ1) is 31.4. The number of ether oxygens (including phenoxy) is 1. The Bertz CT molecular complexity index is 1310. The van der Waals surface area contributed by atoms with Crippen molar-refractivity contribution in [1.82, 2.24) is 20.1 Å². The Morgan fingerprint density at radius 3 is 2.43 bits per heavy atom. The molecule has 2 aliphatic heterocycles. The van der Waals surface area contributed by atoms with Crippen LogP contribution < -0.4 is 10.6 Å². The van der Waals surface area contributed by atoms with Crippen molar-refractivity contribution in [2.75, 3.05) is 31.5 Å². The fraction of sp³-hybridized carbons (Fsp3) is 0.567. The number of anilines is 1. The topological polar surface area (TPSA) is 121 Å². The number of Topliss-reactive ketones (excluding diaryl/α,β-unsaturated/α-hetero) is 1. The molecular formula is C30H40FN5O5S. The minimum absolute atomic E-state index is 0.0584. The molecule has 0 saturated carbocycles. The van der Waals surface area contributed by atoms with Gasteiger partial charge in [-0.3, -0.25) is 14.9 Å². The second-order valence-corrected chi connectivity index (χ2v) is 13.1. The summed E-state index contributed by atoms with van der Waals surface area (Å²) in [5.74, 6) is -0.762. The lowest BCUT2D eigenvalue weighted by molar-refractivity contribution is -0.139. The van der Waals surface area contributed by atoms with Crippen LogP contribution in [0.5, 0.6) is 0 Å². The first-order valence-electron chi connectivity index (χ1n) is 14.4. The van der Waals surface area contributed by atoms with E-state index in [2.05, 4.69) is 15.6 Å². The molecule has 3 atom stereocenters. The van der Waals surface area contributed by atoms with Crippen LogP contribution in [0, 0.1) is 24.6 Å². The van der Waals surface area contributed by atoms with Gasteiger partial charge in [0.05, 0.1) is 22.5 Å². The molecule has 3 heterocycles. The summed E-state index contributed by atoms with van der Waals surface area (Å²) in [4.78, 5) is 59.8. The second kappa shape index (κ2) is 13.2. The lowest BCUT2D eigenvalue weighted by atomic mass is 9.87. The van der Waals surface area contributed by atoms with Gasteiger partial charge in [0.15, 0.2) is 10.9 Å². The van der Waals surface area contributed by atoms with Gasteiger partial charge in [0, 0.05) is 33.1 Å². The highest BCUT2D eigenvalue weighted by Crippen LogP contribution is 2.28. The van der Waals surface area contributed by atoms with Crippen molar-refractivity contribution >= 4 is 40.3 Å². The molecule has 2 fully saturated rings. The maximum absolute atomic E-state index is 13.9. The van der Waals surface area contributed by atoms with Gasteiger partial charge in [-0.05, 0) is 77.0 Å². The Labute approximate surface area is 250 Å². The van der Waals surface area contributed by atoms with E-state index in [-0.39, 0.29) is 35.1 Å². The number of amides is 4. The van der Waals surface area contributed by atoms with Crippen molar-refractivity contribution in [3.8, 4) is 0 Å². The SMILES string of the molecule is CC(=O)c1sc(NC(=O)N[C@H]2CN(C(=O)OC(C)(C)C)CC[C@@H]2C(=O)N2CCCC(Cc3ccc(F)cc3)C2)nc1C. The van der Waals surface area contributed by atoms with E-state index < -0.39 is 29.7 Å². The van der Waals surface area contributed by atoms with Crippen LogP contribution in [0.3, 0.4) is 0 Å². The van der Waals surface area contributed by atoms with Gasteiger partial charge in [-0.25, -0.2) is 19.0 Å². The lowest BCUT2D eigenvalue weighted by Crippen LogP contribution is -2.59. The van der Waals surface area contributed by atoms with Gasteiger partial charge in [-0.1, -0.05) is 23.5 Å². The summed E-state index contributed by atoms with van der Waals surface area (Å²) in [6.45, 7) is 10.1. The number of carbonyl (C=O) groups excluding carboxylic acids is 4. The van der Waals surface area contributed by atoms with E-state index in [9.17, 15) is 23.6 Å². The number of urea groups is 1. The summed E-state index contributed by atoms with van der Waals surface area (Å²) < 4.78 is 18.9. The van der Waals surface area contributed by atoms with Crippen LogP contribution >= 0.6 is 11.3 Å². The molecular weight excluding hydrogens is 561 g/mol. The molecule has 1 aromatic carbocycles. The van der Waals surface area contributed by atoms with Crippen LogP contribution in [0.2, 0.25) is 0 Å². The molecule has 10 nitrogen and oxygen atoms in total. The number of nitrogens with one attached hydrogen (secondary N) is 2. The van der Waals surface area contributed by atoms with Crippen molar-refractivity contribution in [3.05, 3.63) is 46.2 Å². The van der Waals surface area contributed by atoms with Crippen molar-refractivity contribution in [1.29, 1.82) is 0 Å². The van der Waals surface area contributed by atoms with Crippen molar-refractivity contribution < 1.29 is 28.3 Å². The first-order chi connectivity index (χ1) is 19.8. The number of nitrogens with zero attached hydrogens (tertiary/aromatic N) is 3. The van der Waals surface area contributed by atoms with Crippen LogP contribution in [0.4, 0.5) is 19.1 Å². The smallest absolute Gasteiger partial charge is 0.410 e. The van der Waals surface area contributed by atoms with E-state index in [0.717, 1.165) is 36.2 Å². The van der Waals surface area contributed by atoms with Gasteiger partial charge in [-0.15, -0.1) is 0 Å². The van der Waals surface area contributed by atoms with Gasteiger partial charge in [0.25, 0.3) is 0 Å². The average Bonchev–Trinajstić information content (AvgIpc) is 3.28. The largest absolute Gasteiger partial charge is 0.444 e. The molecule has 0 bridgehead atoms. The van der Waals surface area contributed by atoms with Crippen molar-refractivity contribution in [3.63, 3.8) is 0 Å². The summed E-state index contributed by atoms with van der Waals surface area (Å²) in [7, 11) is 0. The van der Waals surface area contributed by atoms with Gasteiger partial charge in [0.1, 0.15) is 11.4 Å². The van der Waals surface area contributed by atoms with E-state index in [0.29, 0.717) is 36.6 Å². The van der Waals surface area contributed by atoms with Gasteiger partial charge in [-0.2, -0.15) is 0 Å². The molecule has 2 aliphatic rings. The van der Waals surface area contributed by atoms with Crippen LogP contribution in [-0.2, 0) is 16.0 Å². The predicted molar refractivity (Wildman–Crippen MR) is 158 cm³/mol. The zero-order valence-electron chi connectivity index (χ0n) is 24.9. The number of aryl methyl sites for hydroxylation is 1. The van der Waals surface area contributed by atoms with Crippen LogP contribution in [0.15, 0.2) is 24.3 Å². The summed E-state index contributed by atoms with van der Waals surface area (Å²) in [5, 5.41) is 5.86. The molecule has 0 aliphatic carbocycles. The molecule has 4 rings (SSSR count). The minimum Gasteiger partial charge on any atom is -0.444 e. The first-order valence-corrected chi connectivity index (χ1v) is 15.2. The fourth-order valence-electron chi connectivity index (χ4n) is 5.58. The Kier molecular flexibility index (Phi) is 9.85. The van der Waals surface area contributed by atoms with E-state index in [1.54, 1.807) is 39.8 Å². The number of ketones is 1. The third-order valence-corrected chi connectivity index (χ3v) is 8.68. The van der Waals surface area contributed by atoms with Crippen LogP contribution in [-0.4, -0.2) is 76.4 Å². The Hall–Kier alpha value is -3.54. The highest BCUT2D eigenvalue weighted by Gasteiger charge is 2.40. The molecule has 12 heteroatoms. The van der Waals surface area contributed by atoms with E-state index in [1.165, 1.54) is 24.0 Å². The number of likely N-dealkylation sites (tertiary alicyclic amines) is 2. The predicted octanol–water partition coefficient (Wildman–Crippen LogP) is 5.02. The maximum atomic E-state index is 13.9. The fourth-order valence-corrected chi connectivity index (χ4v) is 6.44. The number of piperidine rings is 2. The monoisotopic (exact) mass is 601 g/mol. The summed E-state index contributed by atoms with van der Waals surface area (Å²) in [6.07, 6.45) is 2.44. The zero-order chi connectivity index (χ0) is 30.6. The number of rotatable bonds is 6. The molecule has 1 unspecified atom stereocenters. The molecule has 1 aromatic heterocycles. The molecule has 2 N–H and O–H groups in total. The van der Waals surface area contributed by atoms with E-state index in [1.807, 2.05) is 4.90 Å². The Morgan fingerprint density at radius 2 is 1.79 bits per heavy atom. The third kappa shape index (κ3) is 8.27. The number of aromatic nitrogens is 1. The zero-order valence-corrected chi connectivity index (χ0v) is 25.7. The Balaban J connectivity index is 1.46. The molecule has 0 spiro atoms. The molecule has 2 aromatic rings. The van der Waals surface area contributed by atoms with Crippen molar-refractivity contribution in [2.24, 2.45) is 11.8 Å². The molecule has 4 amide bonds. The molecule has 2 saturated heterocycles. The van der Waals surface area contributed by atoms with Crippen molar-refractivity contribution in [2.45, 2.75) is 71.9 Å². The standard InChI is InChI=1S/C30H40FN5O5S/c1-18-25(19(2)37)42-28(32-18)34-27(39)33-24-17-36(29(40)41-30(3,4)5)14-12-23(24)26(38)35-13-6-7-21(16-35)15-20-8-10-22(31)11-9-20/h8-11,21,23-24H,6-7,12-17H2,1-5H3,(H2,32,33,34,39)/t21?,23-,24-/m0/s1. The van der Waals surface area contributed by atoms with E-state index >= 15 is 0 Å². The highest BCUT2D eigenvalue weighted by atomic mass is 32.1. The van der Waals surface area contributed by atoms with Gasteiger partial charge in [0.2, 0.25) is 5.91 Å². The number of halogens is 1. The van der Waals surface area contributed by atoms with Gasteiger partial charge < -0.3 is 19.9 Å². The van der Waals surface area contributed by atoms with E-state index in [4.69, 9.17) is 4.74 Å². The lowest BCUT2D eigenvalue weighted by Gasteiger charge is -2.42. The second-order valence-electron chi connectivity index (χ2n) is 12.1. The number of carbonyl (C=O) groups is 4. The number of hydrogen-bond donors (Lipinski definition) is 2. The highest BCUT2D eigenvalue weighted by molar-refractivity contribution is 7.17. The molecule has 228 valence electrons. The summed E-state index contributed by atoms with van der Waals surface area (Å²) in [5.41, 5.74) is 0.877. The van der Waals surface area contributed by atoms with Crippen LogP contribution in [0.25, 0.3) is 0 Å². The maximum Gasteiger partial charge on any atom is 0.410 e. The third-order valence-electron chi connectivity index (χ3n) is 7.50. The summed E-state index contributed by atoms with van der Waals surface area (Å²) >= 11 is 1.09. The minimum atomic E-state index is -0.686. The van der Waals surface area contributed by atoms with Gasteiger partial charge >= 0.3 is 12.1 Å². The quantitative estimate of drug-likeness (QED) is 0.449.